The molecule has 0 atom stereocenters. The van der Waals surface area contributed by atoms with Crippen molar-refractivity contribution in [3.63, 3.8) is 0 Å². The Balaban J connectivity index is 2.04. The SMILES string of the molecule is COc1cccc(-c2nn3c(CSC)nnc3s2)c1. The Kier molecular flexibility index (Phi) is 3.39. The topological polar surface area (TPSA) is 52.3 Å². The highest BCUT2D eigenvalue weighted by Crippen LogP contribution is 2.28. The van der Waals surface area contributed by atoms with Gasteiger partial charge in [-0.25, -0.2) is 0 Å². The molecule has 0 radical (unpaired) electrons. The molecule has 2 heterocycles. The van der Waals surface area contributed by atoms with Crippen molar-refractivity contribution < 1.29 is 4.74 Å². The molecule has 0 fully saturated rings. The Morgan fingerprint density at radius 3 is 3.05 bits per heavy atom. The Hall–Kier alpha value is -1.60. The van der Waals surface area contributed by atoms with E-state index in [1.165, 1.54) is 11.3 Å². The Bertz CT molecular complexity index is 707. The summed E-state index contributed by atoms with van der Waals surface area (Å²) in [5, 5.41) is 13.8. The summed E-state index contributed by atoms with van der Waals surface area (Å²) < 4.78 is 7.05. The molecule has 0 saturated carbocycles. The van der Waals surface area contributed by atoms with Crippen molar-refractivity contribution in [2.45, 2.75) is 5.75 Å². The van der Waals surface area contributed by atoms with Crippen LogP contribution in [0.4, 0.5) is 0 Å². The monoisotopic (exact) mass is 292 g/mol. The zero-order chi connectivity index (χ0) is 13.2. The second kappa shape index (κ2) is 5.18. The summed E-state index contributed by atoms with van der Waals surface area (Å²) in [6.07, 6.45) is 2.04. The maximum Gasteiger partial charge on any atom is 0.235 e. The van der Waals surface area contributed by atoms with Crippen molar-refractivity contribution in [3.8, 4) is 16.3 Å². The largest absolute Gasteiger partial charge is 0.497 e. The van der Waals surface area contributed by atoms with E-state index < -0.39 is 0 Å². The summed E-state index contributed by atoms with van der Waals surface area (Å²) in [7, 11) is 1.66. The molecule has 1 aromatic carbocycles. The molecule has 3 aromatic rings. The third kappa shape index (κ3) is 2.31. The van der Waals surface area contributed by atoms with E-state index in [1.807, 2.05) is 35.0 Å². The van der Waals surface area contributed by atoms with Crippen LogP contribution in [-0.4, -0.2) is 33.2 Å². The lowest BCUT2D eigenvalue weighted by Gasteiger charge is -2.00. The lowest BCUT2D eigenvalue weighted by atomic mass is 10.2. The van der Waals surface area contributed by atoms with Crippen LogP contribution < -0.4 is 4.74 Å². The van der Waals surface area contributed by atoms with Gasteiger partial charge in [0.25, 0.3) is 0 Å². The van der Waals surface area contributed by atoms with Crippen LogP contribution in [0.1, 0.15) is 5.82 Å². The van der Waals surface area contributed by atoms with Gasteiger partial charge in [0.1, 0.15) is 10.8 Å². The highest BCUT2D eigenvalue weighted by molar-refractivity contribution is 7.97. The van der Waals surface area contributed by atoms with Gasteiger partial charge in [0.2, 0.25) is 4.96 Å². The maximum atomic E-state index is 5.23. The highest BCUT2D eigenvalue weighted by atomic mass is 32.2. The third-order valence-corrected chi connectivity index (χ3v) is 4.14. The summed E-state index contributed by atoms with van der Waals surface area (Å²) in [5.41, 5.74) is 1.03. The van der Waals surface area contributed by atoms with Gasteiger partial charge in [-0.15, -0.1) is 10.2 Å². The van der Waals surface area contributed by atoms with Crippen molar-refractivity contribution in [2.75, 3.05) is 13.4 Å². The minimum atomic E-state index is 0.808. The Morgan fingerprint density at radius 2 is 2.26 bits per heavy atom. The molecular weight excluding hydrogens is 280 g/mol. The molecule has 2 aromatic heterocycles. The van der Waals surface area contributed by atoms with Gasteiger partial charge in [-0.2, -0.15) is 21.4 Å². The molecule has 3 rings (SSSR count). The average Bonchev–Trinajstić information content (AvgIpc) is 3.01. The van der Waals surface area contributed by atoms with Gasteiger partial charge in [-0.05, 0) is 18.4 Å². The van der Waals surface area contributed by atoms with E-state index in [9.17, 15) is 0 Å². The number of benzene rings is 1. The number of hydrogen-bond donors (Lipinski definition) is 0. The van der Waals surface area contributed by atoms with Gasteiger partial charge in [0.05, 0.1) is 12.9 Å². The van der Waals surface area contributed by atoms with E-state index in [0.29, 0.717) is 0 Å². The standard InChI is InChI=1S/C12H12N4OS2/c1-17-9-5-3-4-8(6-9)11-15-16-10(7-18-2)13-14-12(16)19-11/h3-6H,7H2,1-2H3. The molecule has 0 spiro atoms. The van der Waals surface area contributed by atoms with E-state index in [1.54, 1.807) is 18.9 Å². The normalized spacial score (nSPS) is 11.1. The second-order valence-electron chi connectivity index (χ2n) is 3.88. The number of hydrogen-bond acceptors (Lipinski definition) is 6. The van der Waals surface area contributed by atoms with Gasteiger partial charge in [-0.1, -0.05) is 23.5 Å². The first-order valence-electron chi connectivity index (χ1n) is 5.66. The van der Waals surface area contributed by atoms with Gasteiger partial charge in [0.15, 0.2) is 5.82 Å². The van der Waals surface area contributed by atoms with Crippen LogP contribution in [-0.2, 0) is 5.75 Å². The molecule has 7 heteroatoms. The number of thioether (sulfide) groups is 1. The molecule has 0 N–H and O–H groups in total. The number of methoxy groups -OCH3 is 1. The first kappa shape index (κ1) is 12.4. The molecule has 0 aliphatic heterocycles. The molecule has 0 aliphatic carbocycles. The fourth-order valence-electron chi connectivity index (χ4n) is 1.75. The predicted octanol–water partition coefficient (Wildman–Crippen LogP) is 2.72. The van der Waals surface area contributed by atoms with Crippen molar-refractivity contribution in [1.29, 1.82) is 0 Å². The number of rotatable bonds is 4. The summed E-state index contributed by atoms with van der Waals surface area (Å²) in [4.78, 5) is 0.821. The molecule has 0 saturated heterocycles. The van der Waals surface area contributed by atoms with E-state index in [2.05, 4.69) is 15.3 Å². The van der Waals surface area contributed by atoms with E-state index in [-0.39, 0.29) is 0 Å². The molecule has 0 aliphatic rings. The molecule has 5 nitrogen and oxygen atoms in total. The molecule has 19 heavy (non-hydrogen) atoms. The number of fused-ring (bicyclic) bond motifs is 1. The van der Waals surface area contributed by atoms with Crippen molar-refractivity contribution in [2.24, 2.45) is 0 Å². The number of aromatic nitrogens is 4. The fraction of sp³-hybridized carbons (Fsp3) is 0.250. The van der Waals surface area contributed by atoms with Crippen LogP contribution >= 0.6 is 23.1 Å². The van der Waals surface area contributed by atoms with Gasteiger partial charge in [-0.3, -0.25) is 0 Å². The number of ether oxygens (including phenoxy) is 1. The van der Waals surface area contributed by atoms with Crippen LogP contribution in [0.15, 0.2) is 24.3 Å². The molecule has 98 valence electrons. The zero-order valence-corrected chi connectivity index (χ0v) is 12.2. The van der Waals surface area contributed by atoms with Crippen LogP contribution in [0.3, 0.4) is 0 Å². The summed E-state index contributed by atoms with van der Waals surface area (Å²) >= 11 is 3.24. The highest BCUT2D eigenvalue weighted by Gasteiger charge is 2.12. The summed E-state index contributed by atoms with van der Waals surface area (Å²) in [6.45, 7) is 0. The first-order chi connectivity index (χ1) is 9.31. The minimum Gasteiger partial charge on any atom is -0.497 e. The van der Waals surface area contributed by atoms with Gasteiger partial charge in [0, 0.05) is 5.56 Å². The third-order valence-electron chi connectivity index (χ3n) is 2.65. The van der Waals surface area contributed by atoms with E-state index in [4.69, 9.17) is 4.74 Å². The molecule has 0 bridgehead atoms. The van der Waals surface area contributed by atoms with E-state index >= 15 is 0 Å². The average molecular weight is 292 g/mol. The minimum absolute atomic E-state index is 0.808. The maximum absolute atomic E-state index is 5.23. The van der Waals surface area contributed by atoms with Gasteiger partial charge < -0.3 is 4.74 Å². The second-order valence-corrected chi connectivity index (χ2v) is 5.70. The van der Waals surface area contributed by atoms with E-state index in [0.717, 1.165) is 32.9 Å². The predicted molar refractivity (Wildman–Crippen MR) is 77.9 cm³/mol. The zero-order valence-electron chi connectivity index (χ0n) is 10.5. The molecule has 0 unspecified atom stereocenters. The summed E-state index contributed by atoms with van der Waals surface area (Å²) in [5.74, 6) is 2.52. The van der Waals surface area contributed by atoms with Crippen LogP contribution in [0.25, 0.3) is 15.5 Å². The quantitative estimate of drug-likeness (QED) is 0.740. The first-order valence-corrected chi connectivity index (χ1v) is 7.87. The Morgan fingerprint density at radius 1 is 1.37 bits per heavy atom. The molecular formula is C12H12N4OS2. The lowest BCUT2D eigenvalue weighted by Crippen LogP contribution is -1.93. The van der Waals surface area contributed by atoms with Crippen molar-refractivity contribution in [1.82, 2.24) is 19.8 Å². The molecule has 0 amide bonds. The lowest BCUT2D eigenvalue weighted by molar-refractivity contribution is 0.415. The van der Waals surface area contributed by atoms with Crippen molar-refractivity contribution in [3.05, 3.63) is 30.1 Å². The van der Waals surface area contributed by atoms with Gasteiger partial charge >= 0.3 is 0 Å². The van der Waals surface area contributed by atoms with Crippen LogP contribution in [0.5, 0.6) is 5.75 Å². The fourth-order valence-corrected chi connectivity index (χ4v) is 3.04. The smallest absolute Gasteiger partial charge is 0.235 e. The van der Waals surface area contributed by atoms with Crippen molar-refractivity contribution >= 4 is 28.1 Å². The Labute approximate surface area is 118 Å². The summed E-state index contributed by atoms with van der Waals surface area (Å²) in [6, 6.07) is 7.87. The number of nitrogens with zero attached hydrogens (tertiary/aromatic N) is 4. The van der Waals surface area contributed by atoms with Crippen LogP contribution in [0, 0.1) is 0 Å². The van der Waals surface area contributed by atoms with Crippen LogP contribution in [0.2, 0.25) is 0 Å².